The molecule has 5 nitrogen and oxygen atoms in total. The minimum Gasteiger partial charge on any atom is -0.484 e. The van der Waals surface area contributed by atoms with E-state index in [4.69, 9.17) is 16.3 Å². The van der Waals surface area contributed by atoms with E-state index in [1.54, 1.807) is 24.3 Å². The van der Waals surface area contributed by atoms with Gasteiger partial charge in [-0.15, -0.1) is 0 Å². The largest absolute Gasteiger partial charge is 0.484 e. The zero-order chi connectivity index (χ0) is 18.6. The molecule has 0 atom stereocenters. The SMILES string of the molecule is O=C(COc1ccc(Cl)cc1)NC12CC(N3CC(C4CCC4)=CC3=O)(C1)C2. The third-order valence-electron chi connectivity index (χ3n) is 6.71. The zero-order valence-corrected chi connectivity index (χ0v) is 15.9. The van der Waals surface area contributed by atoms with Gasteiger partial charge in [0.1, 0.15) is 5.75 Å². The van der Waals surface area contributed by atoms with Gasteiger partial charge in [-0.3, -0.25) is 9.59 Å². The van der Waals surface area contributed by atoms with Gasteiger partial charge >= 0.3 is 0 Å². The number of carbonyl (C=O) groups excluding carboxylic acids is 2. The van der Waals surface area contributed by atoms with Crippen LogP contribution < -0.4 is 10.1 Å². The Balaban J connectivity index is 1.11. The third kappa shape index (κ3) is 2.83. The van der Waals surface area contributed by atoms with E-state index in [0.717, 1.165) is 25.8 Å². The Labute approximate surface area is 163 Å². The molecule has 0 radical (unpaired) electrons. The highest BCUT2D eigenvalue weighted by Gasteiger charge is 2.72. The van der Waals surface area contributed by atoms with Gasteiger partial charge in [-0.25, -0.2) is 0 Å². The van der Waals surface area contributed by atoms with Gasteiger partial charge in [0.2, 0.25) is 5.91 Å². The molecule has 2 bridgehead atoms. The number of hydrogen-bond acceptors (Lipinski definition) is 3. The van der Waals surface area contributed by atoms with E-state index in [9.17, 15) is 9.59 Å². The van der Waals surface area contributed by atoms with E-state index >= 15 is 0 Å². The monoisotopic (exact) mass is 386 g/mol. The molecule has 6 heteroatoms. The van der Waals surface area contributed by atoms with Crippen LogP contribution in [-0.2, 0) is 9.59 Å². The molecule has 1 aromatic rings. The molecule has 1 aliphatic heterocycles. The summed E-state index contributed by atoms with van der Waals surface area (Å²) in [6.45, 7) is 0.791. The van der Waals surface area contributed by atoms with Crippen molar-refractivity contribution in [2.45, 2.75) is 49.6 Å². The van der Waals surface area contributed by atoms with Crippen LogP contribution in [0.4, 0.5) is 0 Å². The van der Waals surface area contributed by atoms with Crippen molar-refractivity contribution >= 4 is 23.4 Å². The summed E-state index contributed by atoms with van der Waals surface area (Å²) in [5, 5.41) is 3.75. The Hall–Kier alpha value is -2.01. The zero-order valence-electron chi connectivity index (χ0n) is 15.2. The fraction of sp³-hybridized carbons (Fsp3) is 0.524. The molecule has 1 N–H and O–H groups in total. The molecule has 27 heavy (non-hydrogen) atoms. The van der Waals surface area contributed by atoms with Gasteiger partial charge in [-0.05, 0) is 67.9 Å². The van der Waals surface area contributed by atoms with Crippen molar-refractivity contribution in [3.63, 3.8) is 0 Å². The highest BCUT2D eigenvalue weighted by atomic mass is 35.5. The second kappa shape index (κ2) is 5.99. The molecule has 0 aromatic heterocycles. The molecule has 1 aromatic carbocycles. The van der Waals surface area contributed by atoms with Crippen molar-refractivity contribution in [1.29, 1.82) is 0 Å². The van der Waals surface area contributed by atoms with Crippen LogP contribution in [0.25, 0.3) is 0 Å². The maximum Gasteiger partial charge on any atom is 0.258 e. The molecular formula is C21H23ClN2O3. The van der Waals surface area contributed by atoms with Crippen LogP contribution in [0.1, 0.15) is 38.5 Å². The van der Waals surface area contributed by atoms with Gasteiger partial charge < -0.3 is 15.0 Å². The Bertz CT molecular complexity index is 809. The Morgan fingerprint density at radius 2 is 1.93 bits per heavy atom. The van der Waals surface area contributed by atoms with Crippen molar-refractivity contribution in [1.82, 2.24) is 10.2 Å². The van der Waals surface area contributed by atoms with Crippen LogP contribution in [-0.4, -0.2) is 40.9 Å². The summed E-state index contributed by atoms with van der Waals surface area (Å²) in [6, 6.07) is 6.96. The predicted octanol–water partition coefficient (Wildman–Crippen LogP) is 3.08. The van der Waals surface area contributed by atoms with Crippen molar-refractivity contribution in [3.05, 3.63) is 40.9 Å². The molecule has 142 valence electrons. The molecular weight excluding hydrogens is 364 g/mol. The average molecular weight is 387 g/mol. The van der Waals surface area contributed by atoms with E-state index in [1.807, 2.05) is 6.08 Å². The number of nitrogens with one attached hydrogen (secondary N) is 1. The lowest BCUT2D eigenvalue weighted by atomic mass is 9.43. The summed E-state index contributed by atoms with van der Waals surface area (Å²) in [5.41, 5.74) is 1.16. The van der Waals surface area contributed by atoms with Gasteiger partial charge in [0, 0.05) is 23.2 Å². The first-order chi connectivity index (χ1) is 13.0. The summed E-state index contributed by atoms with van der Waals surface area (Å²) in [6.07, 6.45) is 8.21. The number of halogens is 1. The predicted molar refractivity (Wildman–Crippen MR) is 102 cm³/mol. The van der Waals surface area contributed by atoms with Crippen molar-refractivity contribution in [2.24, 2.45) is 5.92 Å². The number of hydrogen-bond donors (Lipinski definition) is 1. The van der Waals surface area contributed by atoms with Crippen molar-refractivity contribution < 1.29 is 14.3 Å². The van der Waals surface area contributed by atoms with Crippen LogP contribution in [0.15, 0.2) is 35.9 Å². The van der Waals surface area contributed by atoms with E-state index in [0.29, 0.717) is 16.7 Å². The lowest BCUT2D eigenvalue weighted by Crippen LogP contribution is -2.84. The molecule has 2 amide bonds. The van der Waals surface area contributed by atoms with Gasteiger partial charge in [-0.2, -0.15) is 0 Å². The molecule has 0 spiro atoms. The molecule has 1 heterocycles. The smallest absolute Gasteiger partial charge is 0.258 e. The second-order valence-electron chi connectivity index (χ2n) is 8.60. The molecule has 6 rings (SSSR count). The van der Waals surface area contributed by atoms with Crippen LogP contribution >= 0.6 is 11.6 Å². The Kier molecular flexibility index (Phi) is 3.80. The lowest BCUT2D eigenvalue weighted by molar-refractivity contribution is -0.185. The highest BCUT2D eigenvalue weighted by molar-refractivity contribution is 6.30. The van der Waals surface area contributed by atoms with Crippen molar-refractivity contribution in [3.8, 4) is 5.75 Å². The number of benzene rings is 1. The summed E-state index contributed by atoms with van der Waals surface area (Å²) < 4.78 is 5.51. The van der Waals surface area contributed by atoms with Crippen LogP contribution in [0.3, 0.4) is 0 Å². The fourth-order valence-electron chi connectivity index (χ4n) is 5.13. The van der Waals surface area contributed by atoms with E-state index in [-0.39, 0.29) is 29.5 Å². The number of ether oxygens (including phenoxy) is 1. The Morgan fingerprint density at radius 1 is 1.22 bits per heavy atom. The van der Waals surface area contributed by atoms with Gasteiger partial charge in [0.05, 0.1) is 5.54 Å². The standard InChI is InChI=1S/C21H23ClN2O3/c22-16-4-6-17(7-5-16)27-10-18(25)23-20-11-21(12-20,13-20)24-9-15(8-19(24)26)14-2-1-3-14/h4-8,14H,1-3,9-13H2,(H,23,25). The Morgan fingerprint density at radius 3 is 2.56 bits per heavy atom. The van der Waals surface area contributed by atoms with Crippen LogP contribution in [0.5, 0.6) is 5.75 Å². The van der Waals surface area contributed by atoms with Gasteiger partial charge in [0.25, 0.3) is 5.91 Å². The summed E-state index contributed by atoms with van der Waals surface area (Å²) in [5.74, 6) is 1.31. The second-order valence-corrected chi connectivity index (χ2v) is 9.03. The minimum absolute atomic E-state index is 0.00753. The van der Waals surface area contributed by atoms with Crippen LogP contribution in [0, 0.1) is 5.92 Å². The number of carbonyl (C=O) groups is 2. The average Bonchev–Trinajstić information content (AvgIpc) is 2.88. The van der Waals surface area contributed by atoms with Crippen LogP contribution in [0.2, 0.25) is 5.02 Å². The third-order valence-corrected chi connectivity index (χ3v) is 6.96. The topological polar surface area (TPSA) is 58.6 Å². The first kappa shape index (κ1) is 17.1. The van der Waals surface area contributed by atoms with Gasteiger partial charge in [0.15, 0.2) is 6.61 Å². The maximum atomic E-state index is 12.4. The molecule has 0 saturated heterocycles. The maximum absolute atomic E-state index is 12.4. The summed E-state index contributed by atoms with van der Waals surface area (Å²) >= 11 is 5.84. The number of rotatable bonds is 6. The normalized spacial score (nSPS) is 31.5. The number of nitrogens with zero attached hydrogens (tertiary/aromatic N) is 1. The number of amides is 2. The highest BCUT2D eigenvalue weighted by Crippen LogP contribution is 2.64. The molecule has 5 aliphatic rings. The first-order valence-electron chi connectivity index (χ1n) is 9.69. The fourth-order valence-corrected chi connectivity index (χ4v) is 5.26. The minimum atomic E-state index is -0.139. The first-order valence-corrected chi connectivity index (χ1v) is 10.1. The molecule has 4 saturated carbocycles. The van der Waals surface area contributed by atoms with E-state index in [1.165, 1.54) is 24.8 Å². The lowest BCUT2D eigenvalue weighted by Gasteiger charge is -2.73. The molecule has 4 aliphatic carbocycles. The summed E-state index contributed by atoms with van der Waals surface area (Å²) in [7, 11) is 0. The van der Waals surface area contributed by atoms with Gasteiger partial charge in [-0.1, -0.05) is 18.0 Å². The molecule has 4 fully saturated rings. The quantitative estimate of drug-likeness (QED) is 0.817. The van der Waals surface area contributed by atoms with Crippen molar-refractivity contribution in [2.75, 3.05) is 13.2 Å². The van der Waals surface area contributed by atoms with E-state index in [2.05, 4.69) is 10.2 Å². The molecule has 0 unspecified atom stereocenters. The van der Waals surface area contributed by atoms with E-state index < -0.39 is 0 Å². The summed E-state index contributed by atoms with van der Waals surface area (Å²) in [4.78, 5) is 26.7.